The topological polar surface area (TPSA) is 44.8 Å². The van der Waals surface area contributed by atoms with Gasteiger partial charge in [0.25, 0.3) is 0 Å². The zero-order valence-corrected chi connectivity index (χ0v) is 11.9. The van der Waals surface area contributed by atoms with Gasteiger partial charge in [-0.25, -0.2) is 0 Å². The summed E-state index contributed by atoms with van der Waals surface area (Å²) >= 11 is 0. The molecule has 0 saturated carbocycles. The van der Waals surface area contributed by atoms with Crippen molar-refractivity contribution in [1.29, 1.82) is 0 Å². The van der Waals surface area contributed by atoms with Gasteiger partial charge in [-0.15, -0.1) is 0 Å². The lowest BCUT2D eigenvalue weighted by atomic mass is 10.1. The number of rotatable bonds is 4. The van der Waals surface area contributed by atoms with Gasteiger partial charge in [-0.2, -0.15) is 0 Å². The third kappa shape index (κ3) is 5.31. The van der Waals surface area contributed by atoms with E-state index in [0.717, 1.165) is 25.7 Å². The first kappa shape index (κ1) is 15.0. The van der Waals surface area contributed by atoms with Crippen molar-refractivity contribution in [3.8, 4) is 0 Å². The van der Waals surface area contributed by atoms with Crippen LogP contribution in [0.25, 0.3) is 0 Å². The molecule has 0 N–H and O–H groups in total. The number of ether oxygens (including phenoxy) is 3. The Morgan fingerprint density at radius 1 is 1.25 bits per heavy atom. The van der Waals surface area contributed by atoms with Crippen molar-refractivity contribution in [2.24, 2.45) is 0 Å². The van der Waals surface area contributed by atoms with Gasteiger partial charge in [-0.05, 0) is 24.8 Å². The molecule has 1 unspecified atom stereocenters. The molecule has 4 heteroatoms. The Bertz CT molecular complexity index is 394. The molecule has 4 nitrogen and oxygen atoms in total. The molecule has 1 aliphatic heterocycles. The highest BCUT2D eigenvalue weighted by Crippen LogP contribution is 2.18. The summed E-state index contributed by atoms with van der Waals surface area (Å²) in [4.78, 5) is 10.9. The lowest BCUT2D eigenvalue weighted by molar-refractivity contribution is -0.182. The maximum absolute atomic E-state index is 10.9. The Morgan fingerprint density at radius 2 is 2.05 bits per heavy atom. The smallest absolute Gasteiger partial charge is 0.304 e. The molecule has 1 saturated heterocycles. The summed E-state index contributed by atoms with van der Waals surface area (Å²) in [5, 5.41) is 0. The van der Waals surface area contributed by atoms with Crippen LogP contribution in [0.15, 0.2) is 30.3 Å². The SMILES string of the molecule is CC(=O)OC1CCC[C@@H](OCc2ccccc2)CCO1. The number of hydrogen-bond acceptors (Lipinski definition) is 4. The Hall–Kier alpha value is -1.39. The normalized spacial score (nSPS) is 23.6. The average Bonchev–Trinajstić information content (AvgIpc) is 2.41. The van der Waals surface area contributed by atoms with E-state index in [1.54, 1.807) is 0 Å². The predicted molar refractivity (Wildman–Crippen MR) is 75.0 cm³/mol. The van der Waals surface area contributed by atoms with Crippen LogP contribution in [-0.2, 0) is 25.6 Å². The van der Waals surface area contributed by atoms with Crippen molar-refractivity contribution >= 4 is 5.97 Å². The molecule has 20 heavy (non-hydrogen) atoms. The molecule has 0 aromatic heterocycles. The van der Waals surface area contributed by atoms with Crippen molar-refractivity contribution in [2.75, 3.05) is 6.61 Å². The molecule has 0 amide bonds. The van der Waals surface area contributed by atoms with Crippen molar-refractivity contribution in [2.45, 2.75) is 51.6 Å². The molecule has 1 aromatic carbocycles. The summed E-state index contributed by atoms with van der Waals surface area (Å²) in [6.07, 6.45) is 3.33. The lowest BCUT2D eigenvalue weighted by Crippen LogP contribution is -2.26. The Labute approximate surface area is 120 Å². The Morgan fingerprint density at radius 3 is 2.80 bits per heavy atom. The highest BCUT2D eigenvalue weighted by Gasteiger charge is 2.19. The van der Waals surface area contributed by atoms with Crippen LogP contribution in [0.5, 0.6) is 0 Å². The molecular formula is C16H22O4. The predicted octanol–water partition coefficient (Wildman–Crippen LogP) is 3.05. The molecule has 1 heterocycles. The van der Waals surface area contributed by atoms with Crippen LogP contribution in [0.4, 0.5) is 0 Å². The second kappa shape index (κ2) is 8.02. The first-order valence-electron chi connectivity index (χ1n) is 7.18. The fourth-order valence-electron chi connectivity index (χ4n) is 2.30. The number of carbonyl (C=O) groups is 1. The van der Waals surface area contributed by atoms with E-state index < -0.39 is 0 Å². The molecule has 110 valence electrons. The zero-order valence-electron chi connectivity index (χ0n) is 11.9. The monoisotopic (exact) mass is 278 g/mol. The number of hydrogen-bond donors (Lipinski definition) is 0. The third-order valence-corrected chi connectivity index (χ3v) is 3.34. The highest BCUT2D eigenvalue weighted by molar-refractivity contribution is 5.66. The first-order valence-corrected chi connectivity index (χ1v) is 7.18. The van der Waals surface area contributed by atoms with Gasteiger partial charge in [0.1, 0.15) is 0 Å². The van der Waals surface area contributed by atoms with Gasteiger partial charge in [-0.1, -0.05) is 30.3 Å². The maximum Gasteiger partial charge on any atom is 0.304 e. The summed E-state index contributed by atoms with van der Waals surface area (Å²) in [5.41, 5.74) is 1.19. The zero-order chi connectivity index (χ0) is 14.2. The fourth-order valence-corrected chi connectivity index (χ4v) is 2.30. The van der Waals surface area contributed by atoms with Crippen LogP contribution >= 0.6 is 0 Å². The van der Waals surface area contributed by atoms with E-state index in [2.05, 4.69) is 12.1 Å². The van der Waals surface area contributed by atoms with Gasteiger partial charge >= 0.3 is 5.97 Å². The van der Waals surface area contributed by atoms with E-state index in [1.165, 1.54) is 12.5 Å². The maximum atomic E-state index is 10.9. The fraction of sp³-hybridized carbons (Fsp3) is 0.562. The summed E-state index contributed by atoms with van der Waals surface area (Å²) in [6.45, 7) is 2.62. The molecule has 0 aliphatic carbocycles. The quantitative estimate of drug-likeness (QED) is 0.794. The molecule has 0 bridgehead atoms. The van der Waals surface area contributed by atoms with Gasteiger partial charge in [0.05, 0.1) is 19.3 Å². The first-order chi connectivity index (χ1) is 9.74. The van der Waals surface area contributed by atoms with Gasteiger partial charge in [0, 0.05) is 13.3 Å². The van der Waals surface area contributed by atoms with Gasteiger partial charge in [-0.3, -0.25) is 4.79 Å². The standard InChI is InChI=1S/C16H22O4/c1-13(17)20-16-9-5-8-15(10-11-18-16)19-12-14-6-3-2-4-7-14/h2-4,6-7,15-16H,5,8-12H2,1H3/t15-,16?/m1/s1. The molecule has 0 spiro atoms. The number of carbonyl (C=O) groups excluding carboxylic acids is 1. The van der Waals surface area contributed by atoms with E-state index in [0.29, 0.717) is 13.2 Å². The summed E-state index contributed by atoms with van der Waals surface area (Å²) < 4.78 is 16.6. The molecule has 2 rings (SSSR count). The van der Waals surface area contributed by atoms with E-state index >= 15 is 0 Å². The van der Waals surface area contributed by atoms with Crippen LogP contribution in [0.2, 0.25) is 0 Å². The van der Waals surface area contributed by atoms with Crippen LogP contribution < -0.4 is 0 Å². The van der Waals surface area contributed by atoms with Crippen LogP contribution in [-0.4, -0.2) is 25.0 Å². The third-order valence-electron chi connectivity index (χ3n) is 3.34. The van der Waals surface area contributed by atoms with Gasteiger partial charge in [0.2, 0.25) is 6.29 Å². The van der Waals surface area contributed by atoms with Gasteiger partial charge < -0.3 is 14.2 Å². The average molecular weight is 278 g/mol. The van der Waals surface area contributed by atoms with Crippen molar-refractivity contribution < 1.29 is 19.0 Å². The van der Waals surface area contributed by atoms with Crippen molar-refractivity contribution in [1.82, 2.24) is 0 Å². The van der Waals surface area contributed by atoms with Crippen LogP contribution in [0.3, 0.4) is 0 Å². The summed E-state index contributed by atoms with van der Waals surface area (Å²) in [7, 11) is 0. The lowest BCUT2D eigenvalue weighted by Gasteiger charge is -2.25. The molecular weight excluding hydrogens is 256 g/mol. The minimum atomic E-state index is -0.387. The Balaban J connectivity index is 1.72. The number of benzene rings is 1. The van der Waals surface area contributed by atoms with E-state index in [1.807, 2.05) is 18.2 Å². The summed E-state index contributed by atoms with van der Waals surface area (Å²) in [6, 6.07) is 10.2. The minimum absolute atomic E-state index is 0.216. The van der Waals surface area contributed by atoms with E-state index in [4.69, 9.17) is 14.2 Å². The molecule has 1 aliphatic rings. The molecule has 2 atom stereocenters. The van der Waals surface area contributed by atoms with Crippen LogP contribution in [0, 0.1) is 0 Å². The molecule has 0 radical (unpaired) electrons. The van der Waals surface area contributed by atoms with Crippen LogP contribution in [0.1, 0.15) is 38.2 Å². The van der Waals surface area contributed by atoms with Gasteiger partial charge in [0.15, 0.2) is 0 Å². The minimum Gasteiger partial charge on any atom is -0.436 e. The molecule has 1 fully saturated rings. The largest absolute Gasteiger partial charge is 0.436 e. The van der Waals surface area contributed by atoms with E-state index in [-0.39, 0.29) is 18.4 Å². The second-order valence-corrected chi connectivity index (χ2v) is 5.05. The van der Waals surface area contributed by atoms with Crippen molar-refractivity contribution in [3.63, 3.8) is 0 Å². The highest BCUT2D eigenvalue weighted by atomic mass is 16.7. The van der Waals surface area contributed by atoms with E-state index in [9.17, 15) is 4.79 Å². The number of esters is 1. The Kier molecular flexibility index (Phi) is 6.02. The second-order valence-electron chi connectivity index (χ2n) is 5.05. The summed E-state index contributed by atoms with van der Waals surface area (Å²) in [5.74, 6) is -0.285. The molecule has 1 aromatic rings. The van der Waals surface area contributed by atoms with Crippen molar-refractivity contribution in [3.05, 3.63) is 35.9 Å².